The molecule has 0 saturated heterocycles. The molecule has 41 heavy (non-hydrogen) atoms. The number of unbranched alkanes of at least 4 members (excludes halogenated alkanes) is 15. The molecule has 0 bridgehead atoms. The number of benzene rings is 1. The summed E-state index contributed by atoms with van der Waals surface area (Å²) in [6.07, 6.45) is 27.9. The minimum absolute atomic E-state index is 0. The van der Waals surface area contributed by atoms with Crippen molar-refractivity contribution in [3.63, 3.8) is 0 Å². The largest absolute Gasteiger partial charge is 0.479 e. The van der Waals surface area contributed by atoms with Gasteiger partial charge >= 0.3 is 5.97 Å². The fourth-order valence-corrected chi connectivity index (χ4v) is 5.36. The highest BCUT2D eigenvalue weighted by atomic mass is 35.5. The minimum Gasteiger partial charge on any atom is -0.479 e. The molecule has 1 rings (SSSR count). The molecule has 1 aromatic carbocycles. The van der Waals surface area contributed by atoms with Crippen LogP contribution in [0, 0.1) is 6.92 Å². The summed E-state index contributed by atoms with van der Waals surface area (Å²) in [6, 6.07) is 5.06. The maximum absolute atomic E-state index is 10.5. The summed E-state index contributed by atoms with van der Waals surface area (Å²) >= 11 is 5.74. The number of carboxylic acid groups (broad SMARTS) is 1. The fourth-order valence-electron chi connectivity index (χ4n) is 5.13. The predicted octanol–water partition coefficient (Wildman–Crippen LogP) is 11.9. The van der Waals surface area contributed by atoms with Crippen molar-refractivity contribution in [2.24, 2.45) is 5.73 Å². The van der Waals surface area contributed by atoms with Gasteiger partial charge in [0.15, 0.2) is 6.10 Å². The van der Waals surface area contributed by atoms with Crippen LogP contribution in [-0.2, 0) is 4.79 Å². The van der Waals surface area contributed by atoms with E-state index < -0.39 is 12.1 Å². The van der Waals surface area contributed by atoms with E-state index in [0.717, 1.165) is 5.56 Å². The molecule has 1 atom stereocenters. The van der Waals surface area contributed by atoms with Gasteiger partial charge in [0.1, 0.15) is 5.75 Å². The first kappa shape index (κ1) is 42.2. The number of halogens is 2. The molecule has 1 unspecified atom stereocenters. The Morgan fingerprint density at radius 2 is 1.15 bits per heavy atom. The van der Waals surface area contributed by atoms with Gasteiger partial charge < -0.3 is 15.6 Å². The van der Waals surface area contributed by atoms with E-state index in [1.165, 1.54) is 142 Å². The van der Waals surface area contributed by atoms with Crippen LogP contribution in [0.1, 0.15) is 168 Å². The molecule has 0 heterocycles. The molecular weight excluding hydrogens is 553 g/mol. The second-order valence-electron chi connectivity index (χ2n) is 11.9. The number of rotatable bonds is 24. The molecule has 0 aromatic heterocycles. The van der Waals surface area contributed by atoms with Crippen LogP contribution in [0.4, 0.5) is 0 Å². The Morgan fingerprint density at radius 1 is 0.780 bits per heavy atom. The van der Waals surface area contributed by atoms with Gasteiger partial charge in [-0.1, -0.05) is 148 Å². The van der Waals surface area contributed by atoms with Crippen molar-refractivity contribution in [3.05, 3.63) is 28.8 Å². The smallest absolute Gasteiger partial charge is 0.344 e. The molecule has 3 N–H and O–H groups in total. The first-order valence-electron chi connectivity index (χ1n) is 16.6. The lowest BCUT2D eigenvalue weighted by Gasteiger charge is -2.30. The van der Waals surface area contributed by atoms with Crippen LogP contribution < -0.4 is 10.5 Å². The summed E-state index contributed by atoms with van der Waals surface area (Å²) in [5.74, 6) is -0.441. The van der Waals surface area contributed by atoms with Crippen molar-refractivity contribution in [1.82, 2.24) is 0 Å². The van der Waals surface area contributed by atoms with Gasteiger partial charge in [0, 0.05) is 10.6 Å². The summed E-state index contributed by atoms with van der Waals surface area (Å²) in [5, 5.41) is 9.25. The zero-order valence-electron chi connectivity index (χ0n) is 27.3. The molecule has 6 heteroatoms. The van der Waals surface area contributed by atoms with Gasteiger partial charge in [-0.2, -0.15) is 0 Å². The third-order valence-corrected chi connectivity index (χ3v) is 8.11. The van der Waals surface area contributed by atoms with E-state index in [1.54, 1.807) is 18.2 Å². The zero-order chi connectivity index (χ0) is 30.1. The average molecular weight is 619 g/mol. The second kappa shape index (κ2) is 27.8. The Hall–Kier alpha value is -0.970. The first-order valence-corrected chi connectivity index (χ1v) is 17.0. The number of hydrogen-bond acceptors (Lipinski definition) is 3. The number of aliphatic carboxylic acids is 1. The van der Waals surface area contributed by atoms with E-state index >= 15 is 0 Å². The standard InChI is InChI=1S/C25H53N.C10H11ClO3.ClH/c1-4-7-10-13-16-19-22-25(26,23-20-17-14-11-8-5-2)24-21-18-15-12-9-6-3;1-6-5-8(11)3-4-9(6)14-7(2)10(12)13;/h4-24,26H2,1-3H3;3-5,7H,1-2H3,(H,12,13);1H. The Labute approximate surface area is 265 Å². The fraction of sp³-hybridized carbons (Fsp3) is 0.800. The highest BCUT2D eigenvalue weighted by Gasteiger charge is 2.23. The Balaban J connectivity index is 0. The van der Waals surface area contributed by atoms with Crippen LogP contribution in [0.5, 0.6) is 5.75 Å². The molecule has 0 aliphatic rings. The van der Waals surface area contributed by atoms with Crippen LogP contribution in [0.15, 0.2) is 18.2 Å². The maximum atomic E-state index is 10.5. The van der Waals surface area contributed by atoms with Crippen LogP contribution >= 0.6 is 24.0 Å². The van der Waals surface area contributed by atoms with Gasteiger partial charge in [-0.25, -0.2) is 4.79 Å². The van der Waals surface area contributed by atoms with Crippen LogP contribution in [0.3, 0.4) is 0 Å². The van der Waals surface area contributed by atoms with E-state index in [2.05, 4.69) is 20.8 Å². The van der Waals surface area contributed by atoms with Crippen LogP contribution in [-0.4, -0.2) is 22.7 Å². The van der Waals surface area contributed by atoms with Crippen molar-refractivity contribution in [3.8, 4) is 5.75 Å². The first-order chi connectivity index (χ1) is 19.2. The van der Waals surface area contributed by atoms with Crippen LogP contribution in [0.2, 0.25) is 5.02 Å². The summed E-state index contributed by atoms with van der Waals surface area (Å²) in [4.78, 5) is 10.5. The van der Waals surface area contributed by atoms with E-state index in [9.17, 15) is 4.79 Å². The van der Waals surface area contributed by atoms with Gasteiger partial charge in [-0.15, -0.1) is 12.4 Å². The maximum Gasteiger partial charge on any atom is 0.344 e. The van der Waals surface area contributed by atoms with Crippen molar-refractivity contribution >= 4 is 30.0 Å². The monoisotopic (exact) mass is 617 g/mol. The molecule has 0 amide bonds. The Bertz CT molecular complexity index is 703. The zero-order valence-corrected chi connectivity index (χ0v) is 28.9. The highest BCUT2D eigenvalue weighted by Crippen LogP contribution is 2.27. The lowest BCUT2D eigenvalue weighted by Crippen LogP contribution is -2.39. The number of carbonyl (C=O) groups is 1. The summed E-state index contributed by atoms with van der Waals surface area (Å²) in [7, 11) is 0. The average Bonchev–Trinajstić information content (AvgIpc) is 2.92. The predicted molar refractivity (Wildman–Crippen MR) is 182 cm³/mol. The van der Waals surface area contributed by atoms with Crippen molar-refractivity contribution in [2.75, 3.05) is 0 Å². The van der Waals surface area contributed by atoms with Gasteiger partial charge in [-0.3, -0.25) is 0 Å². The minimum atomic E-state index is -0.987. The molecule has 0 saturated carbocycles. The van der Waals surface area contributed by atoms with Crippen molar-refractivity contribution < 1.29 is 14.6 Å². The third-order valence-electron chi connectivity index (χ3n) is 7.87. The quantitative estimate of drug-likeness (QED) is 0.113. The number of aryl methyl sites for hydroxylation is 1. The number of ether oxygens (including phenoxy) is 1. The van der Waals surface area contributed by atoms with Gasteiger partial charge in [0.05, 0.1) is 0 Å². The third kappa shape index (κ3) is 24.2. The van der Waals surface area contributed by atoms with Gasteiger partial charge in [-0.05, 0) is 56.9 Å². The lowest BCUT2D eigenvalue weighted by molar-refractivity contribution is -0.144. The summed E-state index contributed by atoms with van der Waals surface area (Å²) < 4.78 is 5.20. The summed E-state index contributed by atoms with van der Waals surface area (Å²) in [6.45, 7) is 10.2. The molecule has 0 radical (unpaired) electrons. The SMILES string of the molecule is CCCCCCCCC(N)(CCCCCCCC)CCCCCCCC.Cc1cc(Cl)ccc1OC(C)C(=O)O.Cl. The van der Waals surface area contributed by atoms with E-state index in [0.29, 0.717) is 10.8 Å². The van der Waals surface area contributed by atoms with E-state index in [1.807, 2.05) is 6.92 Å². The number of carboxylic acids is 1. The topological polar surface area (TPSA) is 72.5 Å². The Morgan fingerprint density at radius 3 is 1.49 bits per heavy atom. The highest BCUT2D eigenvalue weighted by molar-refractivity contribution is 6.30. The molecule has 0 aliphatic heterocycles. The molecule has 0 aliphatic carbocycles. The number of nitrogens with two attached hydrogens (primary N) is 1. The number of hydrogen-bond donors (Lipinski definition) is 2. The molecule has 4 nitrogen and oxygen atoms in total. The molecule has 0 spiro atoms. The van der Waals surface area contributed by atoms with E-state index in [4.69, 9.17) is 27.2 Å². The van der Waals surface area contributed by atoms with Crippen LogP contribution in [0.25, 0.3) is 0 Å². The van der Waals surface area contributed by atoms with Crippen molar-refractivity contribution in [1.29, 1.82) is 0 Å². The molecule has 0 fully saturated rings. The Kier molecular flexibility index (Phi) is 28.6. The molecular formula is C35H65Cl2NO3. The lowest BCUT2D eigenvalue weighted by atomic mass is 9.82. The van der Waals surface area contributed by atoms with Gasteiger partial charge in [0.2, 0.25) is 0 Å². The molecule has 1 aromatic rings. The molecule has 242 valence electrons. The normalized spacial score (nSPS) is 11.8. The van der Waals surface area contributed by atoms with Crippen molar-refractivity contribution in [2.45, 2.75) is 181 Å². The van der Waals surface area contributed by atoms with Gasteiger partial charge in [0.25, 0.3) is 0 Å². The van der Waals surface area contributed by atoms with E-state index in [-0.39, 0.29) is 17.9 Å². The second-order valence-corrected chi connectivity index (χ2v) is 12.4. The summed E-state index contributed by atoms with van der Waals surface area (Å²) in [5.41, 5.74) is 7.88.